The van der Waals surface area contributed by atoms with Crippen LogP contribution < -0.4 is 4.46 Å². The van der Waals surface area contributed by atoms with E-state index in [9.17, 15) is 3.83 Å². The van der Waals surface area contributed by atoms with E-state index >= 15 is 0 Å². The van der Waals surface area contributed by atoms with Gasteiger partial charge in [-0.15, -0.1) is 0 Å². The molecule has 0 fully saturated rings. The van der Waals surface area contributed by atoms with Crippen LogP contribution in [0.3, 0.4) is 0 Å². The van der Waals surface area contributed by atoms with Gasteiger partial charge in [-0.2, -0.15) is 0 Å². The first-order chi connectivity index (χ1) is 7.18. The molecule has 2 rings (SSSR count). The summed E-state index contributed by atoms with van der Waals surface area (Å²) in [6.45, 7) is 1.01. The maximum absolute atomic E-state index is 11.8. The molecular weight excluding hydrogens is 253 g/mol. The molecule has 0 amide bonds. The third kappa shape index (κ3) is 2.25. The van der Waals surface area contributed by atoms with Crippen LogP contribution in [0.1, 0.15) is 12.0 Å². The molecule has 1 atom stereocenters. The Hall–Kier alpha value is -0.761. The Kier molecular flexibility index (Phi) is 3.15. The molecule has 3 heteroatoms. The summed E-state index contributed by atoms with van der Waals surface area (Å²) in [5.41, 5.74) is 2.47. The van der Waals surface area contributed by atoms with Gasteiger partial charge in [0, 0.05) is 0 Å². The van der Waals surface area contributed by atoms with Crippen LogP contribution in [0.15, 0.2) is 29.2 Å². The summed E-state index contributed by atoms with van der Waals surface area (Å²) in [6, 6.07) is 8.06. The van der Waals surface area contributed by atoms with Crippen molar-refractivity contribution < 1.29 is 3.83 Å². The van der Waals surface area contributed by atoms with Crippen molar-refractivity contribution >= 4 is 23.9 Å². The number of fused-ring (bicyclic) bond motifs is 1. The molecule has 0 N–H and O–H groups in total. The fourth-order valence-corrected chi connectivity index (χ4v) is 4.34. The fraction of sp³-hybridized carbons (Fsp3) is 0.333. The predicted octanol–water partition coefficient (Wildman–Crippen LogP) is 1.20. The second-order valence-electron chi connectivity index (χ2n) is 3.99. The summed E-state index contributed by atoms with van der Waals surface area (Å²) in [7, 11) is 4.12. The number of rotatable bonds is 3. The molecule has 1 aliphatic heterocycles. The molecule has 2 nitrogen and oxygen atoms in total. The second kappa shape index (κ2) is 4.40. The molecular formula is C12H15NOSe. The molecule has 0 bridgehead atoms. The molecule has 1 heterocycles. The van der Waals surface area contributed by atoms with Crippen LogP contribution in [0.25, 0.3) is 5.57 Å². The van der Waals surface area contributed by atoms with Gasteiger partial charge in [0.2, 0.25) is 0 Å². The Morgan fingerprint density at radius 3 is 2.73 bits per heavy atom. The molecule has 1 aromatic carbocycles. The minimum atomic E-state index is -1.86. The van der Waals surface area contributed by atoms with Gasteiger partial charge < -0.3 is 0 Å². The van der Waals surface area contributed by atoms with Crippen molar-refractivity contribution in [3.8, 4) is 0 Å². The van der Waals surface area contributed by atoms with E-state index in [0.29, 0.717) is 0 Å². The number of hydrogen-bond acceptors (Lipinski definition) is 2. The van der Waals surface area contributed by atoms with Crippen molar-refractivity contribution in [2.24, 2.45) is 0 Å². The van der Waals surface area contributed by atoms with Gasteiger partial charge in [-0.05, 0) is 0 Å². The number of hydrogen-bond donors (Lipinski definition) is 0. The number of nitrogens with zero attached hydrogens (tertiary/aromatic N) is 1. The van der Waals surface area contributed by atoms with Crippen molar-refractivity contribution in [3.63, 3.8) is 0 Å². The molecule has 1 unspecified atom stereocenters. The zero-order valence-electron chi connectivity index (χ0n) is 9.06. The van der Waals surface area contributed by atoms with Gasteiger partial charge >= 0.3 is 94.5 Å². The normalized spacial score (nSPS) is 19.1. The van der Waals surface area contributed by atoms with E-state index in [0.717, 1.165) is 17.4 Å². The predicted molar refractivity (Wildman–Crippen MR) is 63.7 cm³/mol. The molecule has 0 saturated carbocycles. The molecule has 1 aromatic rings. The van der Waals surface area contributed by atoms with Crippen molar-refractivity contribution in [2.45, 2.75) is 6.42 Å². The van der Waals surface area contributed by atoms with Crippen LogP contribution in [0.2, 0.25) is 0 Å². The Balaban J connectivity index is 2.22. The average Bonchev–Trinajstić information content (AvgIpc) is 2.54. The quantitative estimate of drug-likeness (QED) is 0.768. The Labute approximate surface area is 94.7 Å². The topological polar surface area (TPSA) is 20.3 Å². The molecule has 15 heavy (non-hydrogen) atoms. The first-order valence-corrected chi connectivity index (χ1v) is 7.58. The Morgan fingerprint density at radius 1 is 1.27 bits per heavy atom. The van der Waals surface area contributed by atoms with E-state index in [-0.39, 0.29) is 0 Å². The van der Waals surface area contributed by atoms with E-state index in [2.05, 4.69) is 25.1 Å². The maximum atomic E-state index is 11.8. The summed E-state index contributed by atoms with van der Waals surface area (Å²) < 4.78 is 12.9. The van der Waals surface area contributed by atoms with Gasteiger partial charge in [-0.25, -0.2) is 0 Å². The third-order valence-electron chi connectivity index (χ3n) is 2.53. The third-order valence-corrected chi connectivity index (χ3v) is 5.23. The van der Waals surface area contributed by atoms with Gasteiger partial charge in [-0.3, -0.25) is 0 Å². The Bertz CT molecular complexity index is 423. The minimum absolute atomic E-state index is 0.992. The van der Waals surface area contributed by atoms with Crippen molar-refractivity contribution in [2.75, 3.05) is 20.6 Å². The van der Waals surface area contributed by atoms with E-state index in [1.165, 1.54) is 11.1 Å². The van der Waals surface area contributed by atoms with Crippen molar-refractivity contribution in [1.82, 2.24) is 4.90 Å². The van der Waals surface area contributed by atoms with Gasteiger partial charge in [0.05, 0.1) is 0 Å². The summed E-state index contributed by atoms with van der Waals surface area (Å²) in [4.78, 5) is 4.13. The van der Waals surface area contributed by atoms with Gasteiger partial charge in [0.25, 0.3) is 0 Å². The van der Waals surface area contributed by atoms with Crippen LogP contribution in [0.5, 0.6) is 0 Å². The summed E-state index contributed by atoms with van der Waals surface area (Å²) in [5, 5.41) is 0. The van der Waals surface area contributed by atoms with E-state index in [1.54, 1.807) is 0 Å². The molecule has 0 aromatic heterocycles. The average molecular weight is 268 g/mol. The van der Waals surface area contributed by atoms with Crippen LogP contribution >= 0.6 is 0 Å². The van der Waals surface area contributed by atoms with Crippen LogP contribution in [0.4, 0.5) is 0 Å². The Morgan fingerprint density at radius 2 is 2.00 bits per heavy atom. The summed E-state index contributed by atoms with van der Waals surface area (Å²) >= 11 is -1.86. The molecule has 80 valence electrons. The summed E-state index contributed by atoms with van der Waals surface area (Å²) in [5.74, 6) is 0. The molecule has 0 spiro atoms. The van der Waals surface area contributed by atoms with E-state index in [4.69, 9.17) is 0 Å². The standard InChI is InChI=1S/C12H15NOSe/c1-13(2)8-7-10-9-15(14)12-6-4-3-5-11(10)12/h3-6,9H,7-8H2,1-2H3. The zero-order valence-corrected chi connectivity index (χ0v) is 10.8. The zero-order chi connectivity index (χ0) is 10.8. The van der Waals surface area contributed by atoms with Crippen LogP contribution in [-0.2, 0) is 3.83 Å². The van der Waals surface area contributed by atoms with E-state index in [1.807, 2.05) is 23.2 Å². The number of benzene rings is 1. The first kappa shape index (κ1) is 10.7. The monoisotopic (exact) mass is 269 g/mol. The van der Waals surface area contributed by atoms with Crippen LogP contribution in [0, 0.1) is 0 Å². The SMILES string of the molecule is CN(C)CCC1=C[Se](=O)c2ccccc21. The molecule has 0 saturated heterocycles. The van der Waals surface area contributed by atoms with E-state index < -0.39 is 13.8 Å². The second-order valence-corrected chi connectivity index (χ2v) is 6.66. The first-order valence-electron chi connectivity index (χ1n) is 5.04. The van der Waals surface area contributed by atoms with Crippen molar-refractivity contribution in [3.05, 3.63) is 34.8 Å². The molecule has 1 aliphatic rings. The van der Waals surface area contributed by atoms with Gasteiger partial charge in [0.1, 0.15) is 0 Å². The summed E-state index contributed by atoms with van der Waals surface area (Å²) in [6.07, 6.45) is 0.992. The van der Waals surface area contributed by atoms with Gasteiger partial charge in [-0.1, -0.05) is 0 Å². The van der Waals surface area contributed by atoms with Gasteiger partial charge in [0.15, 0.2) is 0 Å². The molecule has 0 aliphatic carbocycles. The van der Waals surface area contributed by atoms with Crippen LogP contribution in [-0.4, -0.2) is 39.4 Å². The molecule has 0 radical (unpaired) electrons. The van der Waals surface area contributed by atoms with Crippen molar-refractivity contribution in [1.29, 1.82) is 0 Å². The fourth-order valence-electron chi connectivity index (χ4n) is 1.70.